The normalized spacial score (nSPS) is 10.5. The molecule has 0 aliphatic rings. The lowest BCUT2D eigenvalue weighted by Crippen LogP contribution is -2.20. The second-order valence-corrected chi connectivity index (χ2v) is 5.62. The van der Waals surface area contributed by atoms with Crippen LogP contribution in [0.5, 0.6) is 0 Å². The van der Waals surface area contributed by atoms with Gasteiger partial charge in [-0.15, -0.1) is 0 Å². The summed E-state index contributed by atoms with van der Waals surface area (Å²) in [6, 6.07) is 8.29. The van der Waals surface area contributed by atoms with Crippen LogP contribution in [0.1, 0.15) is 29.3 Å². The van der Waals surface area contributed by atoms with Gasteiger partial charge in [0.25, 0.3) is 5.56 Å². The van der Waals surface area contributed by atoms with Crippen molar-refractivity contribution < 1.29 is 9.53 Å². The van der Waals surface area contributed by atoms with Crippen LogP contribution in [0.15, 0.2) is 41.3 Å². The molecule has 0 atom stereocenters. The molecule has 0 spiro atoms. The first kappa shape index (κ1) is 16.6. The van der Waals surface area contributed by atoms with E-state index in [1.807, 2.05) is 6.92 Å². The van der Waals surface area contributed by atoms with Crippen LogP contribution in [0.2, 0.25) is 10.0 Å². The molecule has 2 aromatic rings. The Balaban J connectivity index is 2.15. The average molecular weight is 340 g/mol. The van der Waals surface area contributed by atoms with Crippen molar-refractivity contribution in [3.63, 3.8) is 0 Å². The van der Waals surface area contributed by atoms with Gasteiger partial charge in [-0.1, -0.05) is 42.3 Å². The highest BCUT2D eigenvalue weighted by molar-refractivity contribution is 6.34. The maximum Gasteiger partial charge on any atom is 0.338 e. The van der Waals surface area contributed by atoms with Crippen LogP contribution >= 0.6 is 23.2 Å². The van der Waals surface area contributed by atoms with Crippen LogP contribution in [-0.4, -0.2) is 17.1 Å². The van der Waals surface area contributed by atoms with Gasteiger partial charge >= 0.3 is 5.97 Å². The van der Waals surface area contributed by atoms with Crippen LogP contribution in [0.4, 0.5) is 0 Å². The van der Waals surface area contributed by atoms with Gasteiger partial charge in [0.15, 0.2) is 0 Å². The van der Waals surface area contributed by atoms with E-state index in [1.54, 1.807) is 24.3 Å². The smallest absolute Gasteiger partial charge is 0.338 e. The summed E-state index contributed by atoms with van der Waals surface area (Å²) in [7, 11) is 0. The third-order valence-corrected chi connectivity index (χ3v) is 3.47. The first-order valence-electron chi connectivity index (χ1n) is 6.83. The van der Waals surface area contributed by atoms with Gasteiger partial charge in [0, 0.05) is 6.20 Å². The van der Waals surface area contributed by atoms with E-state index < -0.39 is 0 Å². The molecule has 0 saturated heterocycles. The molecule has 0 fully saturated rings. The van der Waals surface area contributed by atoms with Gasteiger partial charge in [-0.05, 0) is 30.2 Å². The monoisotopic (exact) mass is 339 g/mol. The minimum atomic E-state index is -0.351. The molecule has 116 valence electrons. The number of halogens is 2. The maximum absolute atomic E-state index is 11.9. The van der Waals surface area contributed by atoms with Gasteiger partial charge < -0.3 is 9.30 Å². The third kappa shape index (κ3) is 4.12. The van der Waals surface area contributed by atoms with E-state index in [0.717, 1.165) is 12.0 Å². The predicted molar refractivity (Wildman–Crippen MR) is 86.8 cm³/mol. The number of carbonyl (C=O) groups is 1. The molecular formula is C16H15Cl2NO3. The highest BCUT2D eigenvalue weighted by Crippen LogP contribution is 2.13. The summed E-state index contributed by atoms with van der Waals surface area (Å²) in [5.41, 5.74) is 1.03. The zero-order chi connectivity index (χ0) is 16.1. The zero-order valence-corrected chi connectivity index (χ0v) is 13.5. The quantitative estimate of drug-likeness (QED) is 0.779. The van der Waals surface area contributed by atoms with Gasteiger partial charge in [-0.25, -0.2) is 4.79 Å². The van der Waals surface area contributed by atoms with E-state index >= 15 is 0 Å². The molecule has 1 aromatic carbocycles. The first-order valence-corrected chi connectivity index (χ1v) is 7.58. The lowest BCUT2D eigenvalue weighted by atomic mass is 10.1. The molecule has 2 rings (SSSR count). The number of benzene rings is 1. The summed E-state index contributed by atoms with van der Waals surface area (Å²) >= 11 is 11.7. The van der Waals surface area contributed by atoms with Gasteiger partial charge in [0.2, 0.25) is 0 Å². The average Bonchev–Trinajstić information content (AvgIpc) is 2.50. The van der Waals surface area contributed by atoms with E-state index in [2.05, 4.69) is 0 Å². The first-order chi connectivity index (χ1) is 10.5. The second-order valence-electron chi connectivity index (χ2n) is 4.77. The standard InChI is InChI=1S/C16H15Cl2NO3/c1-2-7-22-16(21)12-5-3-11(4-6-12)9-19-10-13(17)8-14(18)15(19)20/h3-6,8,10H,2,7,9H2,1H3. The van der Waals surface area contributed by atoms with Crippen molar-refractivity contribution in [2.45, 2.75) is 19.9 Å². The van der Waals surface area contributed by atoms with Crippen LogP contribution in [-0.2, 0) is 11.3 Å². The van der Waals surface area contributed by atoms with Crippen molar-refractivity contribution >= 4 is 29.2 Å². The molecule has 0 unspecified atom stereocenters. The Kier molecular flexibility index (Phi) is 5.63. The molecule has 0 radical (unpaired) electrons. The molecule has 0 aliphatic heterocycles. The van der Waals surface area contributed by atoms with Crippen molar-refractivity contribution in [3.05, 3.63) is 68.1 Å². The van der Waals surface area contributed by atoms with Gasteiger partial charge in [0.05, 0.1) is 23.7 Å². The Hall–Kier alpha value is -1.78. The SMILES string of the molecule is CCCOC(=O)c1ccc(Cn2cc(Cl)cc(Cl)c2=O)cc1. The fourth-order valence-corrected chi connectivity index (χ4v) is 2.41. The summed E-state index contributed by atoms with van der Waals surface area (Å²) < 4.78 is 6.48. The van der Waals surface area contributed by atoms with Crippen LogP contribution < -0.4 is 5.56 Å². The van der Waals surface area contributed by atoms with E-state index in [4.69, 9.17) is 27.9 Å². The number of aromatic nitrogens is 1. The number of rotatable bonds is 5. The minimum absolute atomic E-state index is 0.0762. The van der Waals surface area contributed by atoms with Crippen molar-refractivity contribution in [1.82, 2.24) is 4.57 Å². The maximum atomic E-state index is 11.9. The molecule has 6 heteroatoms. The Morgan fingerprint density at radius 2 is 1.91 bits per heavy atom. The molecule has 1 heterocycles. The van der Waals surface area contributed by atoms with E-state index in [-0.39, 0.29) is 16.6 Å². The molecule has 0 bridgehead atoms. The number of ether oxygens (including phenoxy) is 1. The number of hydrogen-bond acceptors (Lipinski definition) is 3. The van der Waals surface area contributed by atoms with E-state index in [1.165, 1.54) is 16.8 Å². The largest absolute Gasteiger partial charge is 0.462 e. The fourth-order valence-electron chi connectivity index (χ4n) is 1.90. The molecule has 0 N–H and O–H groups in total. The Labute approximate surface area is 138 Å². The van der Waals surface area contributed by atoms with Crippen LogP contribution in [0.3, 0.4) is 0 Å². The molecule has 1 aromatic heterocycles. The fraction of sp³-hybridized carbons (Fsp3) is 0.250. The Morgan fingerprint density at radius 3 is 2.55 bits per heavy atom. The molecular weight excluding hydrogens is 325 g/mol. The molecule has 22 heavy (non-hydrogen) atoms. The van der Waals surface area contributed by atoms with Gasteiger partial charge in [-0.3, -0.25) is 4.79 Å². The van der Waals surface area contributed by atoms with Crippen LogP contribution in [0.25, 0.3) is 0 Å². The summed E-state index contributed by atoms with van der Waals surface area (Å²) in [4.78, 5) is 23.6. The highest BCUT2D eigenvalue weighted by Gasteiger charge is 2.08. The van der Waals surface area contributed by atoms with Crippen molar-refractivity contribution in [3.8, 4) is 0 Å². The molecule has 0 amide bonds. The summed E-state index contributed by atoms with van der Waals surface area (Å²) in [6.45, 7) is 2.66. The number of hydrogen-bond donors (Lipinski definition) is 0. The Morgan fingerprint density at radius 1 is 1.23 bits per heavy atom. The topological polar surface area (TPSA) is 48.3 Å². The number of esters is 1. The zero-order valence-electron chi connectivity index (χ0n) is 12.0. The second kappa shape index (κ2) is 7.47. The van der Waals surface area contributed by atoms with Gasteiger partial charge in [0.1, 0.15) is 5.02 Å². The number of pyridine rings is 1. The lowest BCUT2D eigenvalue weighted by molar-refractivity contribution is 0.0505. The summed E-state index contributed by atoms with van der Waals surface area (Å²) in [5.74, 6) is -0.351. The number of nitrogens with zero attached hydrogens (tertiary/aromatic N) is 1. The lowest BCUT2D eigenvalue weighted by Gasteiger charge is -2.08. The molecule has 0 aliphatic carbocycles. The van der Waals surface area contributed by atoms with Crippen molar-refractivity contribution in [2.75, 3.05) is 6.61 Å². The van der Waals surface area contributed by atoms with Crippen molar-refractivity contribution in [2.24, 2.45) is 0 Å². The van der Waals surface area contributed by atoms with Crippen LogP contribution in [0, 0.1) is 0 Å². The van der Waals surface area contributed by atoms with Gasteiger partial charge in [-0.2, -0.15) is 0 Å². The minimum Gasteiger partial charge on any atom is -0.462 e. The highest BCUT2D eigenvalue weighted by atomic mass is 35.5. The summed E-state index contributed by atoms with van der Waals surface area (Å²) in [5, 5.41) is 0.469. The van der Waals surface area contributed by atoms with E-state index in [0.29, 0.717) is 23.7 Å². The molecule has 0 saturated carbocycles. The summed E-state index contributed by atoms with van der Waals surface area (Å²) in [6.07, 6.45) is 2.31. The van der Waals surface area contributed by atoms with E-state index in [9.17, 15) is 9.59 Å². The predicted octanol–water partition coefficient (Wildman–Crippen LogP) is 3.77. The Bertz CT molecular complexity index is 723. The number of carbonyl (C=O) groups excluding carboxylic acids is 1. The molecule has 4 nitrogen and oxygen atoms in total. The third-order valence-electron chi connectivity index (χ3n) is 2.99. The van der Waals surface area contributed by atoms with Crippen molar-refractivity contribution in [1.29, 1.82) is 0 Å².